The fourth-order valence-electron chi connectivity index (χ4n) is 6.22. The summed E-state index contributed by atoms with van der Waals surface area (Å²) in [7, 11) is 0. The molecule has 4 heteroatoms. The van der Waals surface area contributed by atoms with Crippen LogP contribution in [0, 0.1) is 0 Å². The number of aliphatic imine (C=N–C) groups is 1. The van der Waals surface area contributed by atoms with Gasteiger partial charge in [-0.05, 0) is 68.4 Å². The van der Waals surface area contributed by atoms with E-state index in [9.17, 15) is 0 Å². The van der Waals surface area contributed by atoms with Gasteiger partial charge >= 0.3 is 0 Å². The maximum absolute atomic E-state index is 5.08. The van der Waals surface area contributed by atoms with Crippen LogP contribution in [0.4, 0.5) is 5.69 Å². The van der Waals surface area contributed by atoms with Crippen molar-refractivity contribution in [3.63, 3.8) is 0 Å². The summed E-state index contributed by atoms with van der Waals surface area (Å²) in [4.78, 5) is 18.3. The maximum Gasteiger partial charge on any atom is 0.159 e. The Labute approximate surface area is 242 Å². The van der Waals surface area contributed by atoms with Crippen LogP contribution in [-0.4, -0.2) is 21.7 Å². The lowest BCUT2D eigenvalue weighted by Crippen LogP contribution is -1.93. The summed E-state index contributed by atoms with van der Waals surface area (Å²) in [6, 6.07) is 36.1. The van der Waals surface area contributed by atoms with Crippen LogP contribution in [0.2, 0.25) is 0 Å². The summed E-state index contributed by atoms with van der Waals surface area (Å²) >= 11 is 0. The number of nitrogens with zero attached hydrogens (tertiary/aromatic N) is 4. The summed E-state index contributed by atoms with van der Waals surface area (Å²) in [5.41, 5.74) is 7.49. The first-order valence-corrected chi connectivity index (χ1v) is 13.8. The number of rotatable bonds is 5. The van der Waals surface area contributed by atoms with Crippen LogP contribution in [-0.2, 0) is 0 Å². The van der Waals surface area contributed by atoms with Crippen molar-refractivity contribution in [2.45, 2.75) is 0 Å². The largest absolute Gasteiger partial charge is 0.262 e. The average molecular weight is 537 g/mol. The van der Waals surface area contributed by atoms with E-state index in [1.807, 2.05) is 24.3 Å². The fraction of sp³-hybridized carbons (Fsp3) is 0. The molecule has 0 fully saturated rings. The highest BCUT2D eigenvalue weighted by molar-refractivity contribution is 6.26. The molecule has 0 aliphatic heterocycles. The molecule has 0 saturated carbocycles. The number of hydrogen-bond acceptors (Lipinski definition) is 4. The molecule has 2 heterocycles. The molecule has 196 valence electrons. The molecule has 0 spiro atoms. The molecule has 0 aliphatic carbocycles. The van der Waals surface area contributed by atoms with Gasteiger partial charge in [0.2, 0.25) is 0 Å². The number of hydrogen-bond donors (Lipinski definition) is 0. The van der Waals surface area contributed by atoms with Crippen LogP contribution < -0.4 is 0 Å². The minimum absolute atomic E-state index is 0.698. The zero-order valence-electron chi connectivity index (χ0n) is 22.8. The third kappa shape index (κ3) is 3.62. The predicted octanol–water partition coefficient (Wildman–Crippen LogP) is 9.90. The van der Waals surface area contributed by atoms with Gasteiger partial charge in [0.25, 0.3) is 0 Å². The highest BCUT2D eigenvalue weighted by atomic mass is 14.8. The Hall–Kier alpha value is -5.74. The Bertz CT molecular complexity index is 2300. The molecule has 0 bridgehead atoms. The SMILES string of the molecule is C=Cc1c(-c2ccc3ccc4cccc5ccc2c3c45)cc2ccc(-c3ccc(-c4ncccn4)cc3)nc2c1N=C. The predicted molar refractivity (Wildman–Crippen MR) is 177 cm³/mol. The zero-order chi connectivity index (χ0) is 28.2. The molecular formula is C38H24N4. The standard InChI is InChI=1S/C38H24N4/c1-3-29-32(30-17-14-26-11-10-24-6-4-7-25-15-18-31(30)35(26)34(24)25)22-28-16-19-33(42-36(28)37(29)39-2)23-8-12-27(13-9-23)38-40-20-5-21-41-38/h3-22H,1-2H2. The topological polar surface area (TPSA) is 51.0 Å². The van der Waals surface area contributed by atoms with E-state index in [4.69, 9.17) is 4.98 Å². The normalized spacial score (nSPS) is 11.5. The summed E-state index contributed by atoms with van der Waals surface area (Å²) < 4.78 is 0. The van der Waals surface area contributed by atoms with Gasteiger partial charge in [-0.3, -0.25) is 4.99 Å². The molecule has 42 heavy (non-hydrogen) atoms. The van der Waals surface area contributed by atoms with Gasteiger partial charge in [0.05, 0.1) is 16.9 Å². The molecule has 8 rings (SSSR count). The minimum Gasteiger partial charge on any atom is -0.262 e. The van der Waals surface area contributed by atoms with Gasteiger partial charge in [-0.15, -0.1) is 0 Å². The first-order valence-electron chi connectivity index (χ1n) is 13.8. The molecule has 0 N–H and O–H groups in total. The molecular weight excluding hydrogens is 512 g/mol. The average Bonchev–Trinajstić information content (AvgIpc) is 3.06. The Morgan fingerprint density at radius 1 is 0.619 bits per heavy atom. The van der Waals surface area contributed by atoms with Crippen molar-refractivity contribution in [1.29, 1.82) is 0 Å². The number of pyridine rings is 1. The maximum atomic E-state index is 5.08. The second-order valence-electron chi connectivity index (χ2n) is 10.4. The van der Waals surface area contributed by atoms with Crippen molar-refractivity contribution in [2.75, 3.05) is 0 Å². The first-order chi connectivity index (χ1) is 20.7. The van der Waals surface area contributed by atoms with E-state index in [0.29, 0.717) is 5.82 Å². The highest BCUT2D eigenvalue weighted by Crippen LogP contribution is 2.44. The van der Waals surface area contributed by atoms with E-state index in [0.717, 1.165) is 50.1 Å². The highest BCUT2D eigenvalue weighted by Gasteiger charge is 2.18. The molecule has 4 nitrogen and oxygen atoms in total. The summed E-state index contributed by atoms with van der Waals surface area (Å²) in [5, 5.41) is 8.53. The van der Waals surface area contributed by atoms with E-state index in [-0.39, 0.29) is 0 Å². The van der Waals surface area contributed by atoms with Crippen molar-refractivity contribution in [2.24, 2.45) is 4.99 Å². The third-order valence-corrected chi connectivity index (χ3v) is 8.18. The van der Waals surface area contributed by atoms with Crippen molar-refractivity contribution in [1.82, 2.24) is 15.0 Å². The van der Waals surface area contributed by atoms with Gasteiger partial charge in [-0.25, -0.2) is 15.0 Å². The molecule has 8 aromatic rings. The van der Waals surface area contributed by atoms with E-state index in [1.165, 1.54) is 32.3 Å². The van der Waals surface area contributed by atoms with Gasteiger partial charge < -0.3 is 0 Å². The van der Waals surface area contributed by atoms with Crippen molar-refractivity contribution >= 4 is 61.7 Å². The molecule has 0 atom stereocenters. The molecule has 0 amide bonds. The number of benzene rings is 6. The minimum atomic E-state index is 0.698. The van der Waals surface area contributed by atoms with Crippen LogP contribution in [0.15, 0.2) is 127 Å². The summed E-state index contributed by atoms with van der Waals surface area (Å²) in [6.07, 6.45) is 5.37. The lowest BCUT2D eigenvalue weighted by Gasteiger charge is -2.17. The van der Waals surface area contributed by atoms with Crippen LogP contribution in [0.3, 0.4) is 0 Å². The van der Waals surface area contributed by atoms with E-state index in [1.54, 1.807) is 12.4 Å². The molecule has 6 aromatic carbocycles. The monoisotopic (exact) mass is 536 g/mol. The summed E-state index contributed by atoms with van der Waals surface area (Å²) in [6.45, 7) is 8.14. The Morgan fingerprint density at radius 3 is 2.02 bits per heavy atom. The van der Waals surface area contributed by atoms with Gasteiger partial charge in [0.15, 0.2) is 5.82 Å². The van der Waals surface area contributed by atoms with Gasteiger partial charge in [0, 0.05) is 34.5 Å². The molecule has 0 unspecified atom stereocenters. The lowest BCUT2D eigenvalue weighted by molar-refractivity contribution is 1.18. The van der Waals surface area contributed by atoms with Gasteiger partial charge in [0.1, 0.15) is 0 Å². The fourth-order valence-corrected chi connectivity index (χ4v) is 6.22. The first kappa shape index (κ1) is 24.1. The van der Waals surface area contributed by atoms with Gasteiger partial charge in [-0.1, -0.05) is 97.6 Å². The van der Waals surface area contributed by atoms with E-state index >= 15 is 0 Å². The van der Waals surface area contributed by atoms with Crippen molar-refractivity contribution in [3.05, 3.63) is 128 Å². The number of aromatic nitrogens is 3. The van der Waals surface area contributed by atoms with Gasteiger partial charge in [-0.2, -0.15) is 0 Å². The molecule has 0 aliphatic rings. The van der Waals surface area contributed by atoms with Crippen LogP contribution in [0.5, 0.6) is 0 Å². The van der Waals surface area contributed by atoms with Crippen LogP contribution in [0.25, 0.3) is 83.1 Å². The Balaban J connectivity index is 1.31. The van der Waals surface area contributed by atoms with Crippen molar-refractivity contribution < 1.29 is 0 Å². The summed E-state index contributed by atoms with van der Waals surface area (Å²) in [5.74, 6) is 0.698. The number of fused-ring (bicyclic) bond motifs is 1. The van der Waals surface area contributed by atoms with E-state index in [2.05, 4.69) is 113 Å². The van der Waals surface area contributed by atoms with Crippen molar-refractivity contribution in [3.8, 4) is 33.8 Å². The second kappa shape index (κ2) is 9.43. The molecule has 0 radical (unpaired) electrons. The van der Waals surface area contributed by atoms with Crippen LogP contribution >= 0.6 is 0 Å². The second-order valence-corrected chi connectivity index (χ2v) is 10.4. The zero-order valence-corrected chi connectivity index (χ0v) is 22.8. The quantitative estimate of drug-likeness (QED) is 0.162. The van der Waals surface area contributed by atoms with E-state index < -0.39 is 0 Å². The smallest absolute Gasteiger partial charge is 0.159 e. The lowest BCUT2D eigenvalue weighted by atomic mass is 9.87. The van der Waals surface area contributed by atoms with Crippen LogP contribution in [0.1, 0.15) is 5.56 Å². The third-order valence-electron chi connectivity index (χ3n) is 8.18. The Kier molecular flexibility index (Phi) is 5.41. The Morgan fingerprint density at radius 2 is 1.29 bits per heavy atom. The molecule has 2 aromatic heterocycles. The molecule has 0 saturated heterocycles.